The average Bonchev–Trinajstić information content (AvgIpc) is 2.94. The van der Waals surface area contributed by atoms with E-state index in [1.165, 1.54) is 5.56 Å². The van der Waals surface area contributed by atoms with E-state index in [0.717, 1.165) is 24.1 Å². The lowest BCUT2D eigenvalue weighted by Gasteiger charge is -2.01. The highest BCUT2D eigenvalue weighted by atomic mass is 16.1. The number of H-pyrrole nitrogens is 1. The number of nitrogens with zero attached hydrogens (tertiary/aromatic N) is 1. The van der Waals surface area contributed by atoms with Gasteiger partial charge in [0.15, 0.2) is 0 Å². The fourth-order valence-electron chi connectivity index (χ4n) is 1.88. The van der Waals surface area contributed by atoms with Crippen molar-refractivity contribution in [1.82, 2.24) is 15.5 Å². The van der Waals surface area contributed by atoms with Crippen molar-refractivity contribution >= 4 is 5.91 Å². The molecule has 106 valence electrons. The molecule has 0 fully saturated rings. The van der Waals surface area contributed by atoms with Crippen LogP contribution in [-0.2, 0) is 0 Å². The van der Waals surface area contributed by atoms with Gasteiger partial charge in [-0.05, 0) is 32.4 Å². The Morgan fingerprint density at radius 3 is 2.75 bits per heavy atom. The van der Waals surface area contributed by atoms with Crippen LogP contribution in [0, 0.1) is 6.92 Å². The Hall–Kier alpha value is -2.14. The first kappa shape index (κ1) is 14.3. The monoisotopic (exact) mass is 272 g/mol. The Kier molecular flexibility index (Phi) is 4.90. The predicted octanol–water partition coefficient (Wildman–Crippen LogP) is 1.85. The summed E-state index contributed by atoms with van der Waals surface area (Å²) >= 11 is 0. The van der Waals surface area contributed by atoms with Crippen LogP contribution < -0.4 is 11.1 Å². The fraction of sp³-hybridized carbons (Fsp3) is 0.333. The van der Waals surface area contributed by atoms with Crippen LogP contribution in [0.25, 0.3) is 11.3 Å². The minimum atomic E-state index is -0.132. The number of carbonyl (C=O) groups excluding carboxylic acids is 1. The van der Waals surface area contributed by atoms with Crippen molar-refractivity contribution in [2.24, 2.45) is 5.73 Å². The normalized spacial score (nSPS) is 10.5. The van der Waals surface area contributed by atoms with E-state index in [0.29, 0.717) is 18.8 Å². The maximum Gasteiger partial charge on any atom is 0.269 e. The number of aromatic nitrogens is 2. The highest BCUT2D eigenvalue weighted by Gasteiger charge is 2.10. The van der Waals surface area contributed by atoms with E-state index >= 15 is 0 Å². The minimum absolute atomic E-state index is 0.132. The first-order valence-electron chi connectivity index (χ1n) is 6.81. The number of amides is 1. The Labute approximate surface area is 118 Å². The molecule has 0 radical (unpaired) electrons. The van der Waals surface area contributed by atoms with Crippen molar-refractivity contribution in [3.8, 4) is 11.3 Å². The Morgan fingerprint density at radius 2 is 2.05 bits per heavy atom. The molecule has 5 heteroatoms. The molecule has 0 aliphatic rings. The summed E-state index contributed by atoms with van der Waals surface area (Å²) in [5.74, 6) is -0.132. The molecule has 0 unspecified atom stereocenters. The standard InChI is InChI=1S/C15H20N4O/c1-11-4-6-12(7-5-11)13-10-14(19-18-13)15(20)17-9-3-2-8-16/h4-7,10H,2-3,8-9,16H2,1H3,(H,17,20)(H,18,19). The predicted molar refractivity (Wildman–Crippen MR) is 79.4 cm³/mol. The van der Waals surface area contributed by atoms with Gasteiger partial charge < -0.3 is 11.1 Å². The second kappa shape index (κ2) is 6.86. The Morgan fingerprint density at radius 1 is 1.30 bits per heavy atom. The molecule has 0 saturated heterocycles. The largest absolute Gasteiger partial charge is 0.351 e. The number of nitrogens with two attached hydrogens (primary N) is 1. The second-order valence-electron chi connectivity index (χ2n) is 4.78. The van der Waals surface area contributed by atoms with Gasteiger partial charge in [-0.15, -0.1) is 0 Å². The zero-order valence-corrected chi connectivity index (χ0v) is 11.6. The molecule has 20 heavy (non-hydrogen) atoms. The minimum Gasteiger partial charge on any atom is -0.351 e. The lowest BCUT2D eigenvalue weighted by Crippen LogP contribution is -2.25. The van der Waals surface area contributed by atoms with Crippen LogP contribution >= 0.6 is 0 Å². The molecule has 0 aliphatic carbocycles. The van der Waals surface area contributed by atoms with Crippen molar-refractivity contribution in [3.63, 3.8) is 0 Å². The quantitative estimate of drug-likeness (QED) is 0.702. The molecule has 1 aromatic heterocycles. The van der Waals surface area contributed by atoms with Gasteiger partial charge in [-0.2, -0.15) is 5.10 Å². The number of hydrogen-bond donors (Lipinski definition) is 3. The first-order valence-corrected chi connectivity index (χ1v) is 6.81. The van der Waals surface area contributed by atoms with Gasteiger partial charge in [-0.25, -0.2) is 0 Å². The van der Waals surface area contributed by atoms with Gasteiger partial charge in [-0.3, -0.25) is 9.89 Å². The van der Waals surface area contributed by atoms with Gasteiger partial charge in [-0.1, -0.05) is 29.8 Å². The van der Waals surface area contributed by atoms with E-state index < -0.39 is 0 Å². The number of benzene rings is 1. The Balaban J connectivity index is 1.98. The maximum atomic E-state index is 11.9. The summed E-state index contributed by atoms with van der Waals surface area (Å²) in [6.07, 6.45) is 1.80. The van der Waals surface area contributed by atoms with E-state index in [9.17, 15) is 4.79 Å². The highest BCUT2D eigenvalue weighted by Crippen LogP contribution is 2.18. The van der Waals surface area contributed by atoms with Crippen LogP contribution in [0.3, 0.4) is 0 Å². The number of hydrogen-bond acceptors (Lipinski definition) is 3. The third-order valence-corrected chi connectivity index (χ3v) is 3.09. The lowest BCUT2D eigenvalue weighted by atomic mass is 10.1. The average molecular weight is 272 g/mol. The summed E-state index contributed by atoms with van der Waals surface area (Å²) in [6, 6.07) is 9.80. The number of aromatic amines is 1. The van der Waals surface area contributed by atoms with E-state index in [1.54, 1.807) is 6.07 Å². The first-order chi connectivity index (χ1) is 9.70. The molecule has 2 rings (SSSR count). The summed E-state index contributed by atoms with van der Waals surface area (Å²) in [4.78, 5) is 11.9. The van der Waals surface area contributed by atoms with Crippen LogP contribution in [0.1, 0.15) is 28.9 Å². The molecule has 1 heterocycles. The zero-order valence-electron chi connectivity index (χ0n) is 11.6. The summed E-state index contributed by atoms with van der Waals surface area (Å²) in [5, 5.41) is 9.79. The Bertz CT molecular complexity index is 560. The number of aryl methyl sites for hydroxylation is 1. The highest BCUT2D eigenvalue weighted by molar-refractivity contribution is 5.93. The van der Waals surface area contributed by atoms with Crippen molar-refractivity contribution < 1.29 is 4.79 Å². The van der Waals surface area contributed by atoms with E-state index in [2.05, 4.69) is 15.5 Å². The summed E-state index contributed by atoms with van der Waals surface area (Å²) in [7, 11) is 0. The molecule has 5 nitrogen and oxygen atoms in total. The zero-order chi connectivity index (χ0) is 14.4. The number of carbonyl (C=O) groups is 1. The molecule has 0 spiro atoms. The molecule has 0 bridgehead atoms. The van der Waals surface area contributed by atoms with Gasteiger partial charge in [0.1, 0.15) is 5.69 Å². The van der Waals surface area contributed by atoms with Crippen LogP contribution in [0.4, 0.5) is 0 Å². The number of rotatable bonds is 6. The van der Waals surface area contributed by atoms with Gasteiger partial charge in [0.2, 0.25) is 0 Å². The van der Waals surface area contributed by atoms with Crippen LogP contribution in [0.15, 0.2) is 30.3 Å². The molecule has 1 amide bonds. The smallest absolute Gasteiger partial charge is 0.269 e. The lowest BCUT2D eigenvalue weighted by molar-refractivity contribution is 0.0948. The van der Waals surface area contributed by atoms with Gasteiger partial charge in [0.25, 0.3) is 5.91 Å². The number of unbranched alkanes of at least 4 members (excludes halogenated alkanes) is 1. The SMILES string of the molecule is Cc1ccc(-c2cc(C(=O)NCCCCN)[nH]n2)cc1. The van der Waals surface area contributed by atoms with E-state index in [4.69, 9.17) is 5.73 Å². The molecule has 0 atom stereocenters. The van der Waals surface area contributed by atoms with E-state index in [-0.39, 0.29) is 5.91 Å². The van der Waals surface area contributed by atoms with Crippen LogP contribution in [-0.4, -0.2) is 29.2 Å². The third-order valence-electron chi connectivity index (χ3n) is 3.09. The molecule has 4 N–H and O–H groups in total. The molecule has 1 aromatic carbocycles. The molecule has 2 aromatic rings. The molecular formula is C15H20N4O. The molecular weight excluding hydrogens is 252 g/mol. The maximum absolute atomic E-state index is 11.9. The van der Waals surface area contributed by atoms with Crippen molar-refractivity contribution in [2.45, 2.75) is 19.8 Å². The summed E-state index contributed by atoms with van der Waals surface area (Å²) in [6.45, 7) is 3.32. The third kappa shape index (κ3) is 3.68. The van der Waals surface area contributed by atoms with Crippen molar-refractivity contribution in [2.75, 3.05) is 13.1 Å². The van der Waals surface area contributed by atoms with E-state index in [1.807, 2.05) is 31.2 Å². The van der Waals surface area contributed by atoms with Crippen molar-refractivity contribution in [1.29, 1.82) is 0 Å². The molecule has 0 saturated carbocycles. The fourth-order valence-corrected chi connectivity index (χ4v) is 1.88. The van der Waals surface area contributed by atoms with Gasteiger partial charge in [0, 0.05) is 12.1 Å². The second-order valence-corrected chi connectivity index (χ2v) is 4.78. The molecule has 0 aliphatic heterocycles. The van der Waals surface area contributed by atoms with Gasteiger partial charge >= 0.3 is 0 Å². The van der Waals surface area contributed by atoms with Gasteiger partial charge in [0.05, 0.1) is 5.69 Å². The topological polar surface area (TPSA) is 83.8 Å². The van der Waals surface area contributed by atoms with Crippen LogP contribution in [0.2, 0.25) is 0 Å². The summed E-state index contributed by atoms with van der Waals surface area (Å²) in [5.41, 5.74) is 8.85. The van der Waals surface area contributed by atoms with Crippen LogP contribution in [0.5, 0.6) is 0 Å². The number of nitrogens with one attached hydrogen (secondary N) is 2. The van der Waals surface area contributed by atoms with Crippen molar-refractivity contribution in [3.05, 3.63) is 41.6 Å². The summed E-state index contributed by atoms with van der Waals surface area (Å²) < 4.78 is 0.